The predicted molar refractivity (Wildman–Crippen MR) is 122 cm³/mol. The van der Waals surface area contributed by atoms with Gasteiger partial charge in [0.15, 0.2) is 11.5 Å². The van der Waals surface area contributed by atoms with Gasteiger partial charge in [0, 0.05) is 12.3 Å². The fourth-order valence-corrected chi connectivity index (χ4v) is 5.46. The Hall–Kier alpha value is -2.83. The molecule has 0 spiro atoms. The van der Waals surface area contributed by atoms with Gasteiger partial charge in [-0.1, -0.05) is 23.9 Å². The molecule has 1 saturated heterocycles. The second-order valence-electron chi connectivity index (χ2n) is 7.09. The molecule has 4 rings (SSSR count). The van der Waals surface area contributed by atoms with E-state index < -0.39 is 5.92 Å². The first-order chi connectivity index (χ1) is 15.0. The lowest BCUT2D eigenvalue weighted by molar-refractivity contribution is -0.129. The van der Waals surface area contributed by atoms with E-state index in [2.05, 4.69) is 26.9 Å². The number of halogens is 1. The fourth-order valence-electron chi connectivity index (χ4n) is 3.84. The Kier molecular flexibility index (Phi) is 6.03. The summed E-state index contributed by atoms with van der Waals surface area (Å²) >= 11 is 4.79. The van der Waals surface area contributed by atoms with Gasteiger partial charge < -0.3 is 19.5 Å². The number of thioether (sulfide) groups is 1. The van der Waals surface area contributed by atoms with Gasteiger partial charge in [-0.25, -0.2) is 0 Å². The van der Waals surface area contributed by atoms with E-state index in [-0.39, 0.29) is 18.1 Å². The zero-order valence-corrected chi connectivity index (χ0v) is 19.4. The molecule has 0 bridgehead atoms. The van der Waals surface area contributed by atoms with Crippen LogP contribution in [0.2, 0.25) is 0 Å². The van der Waals surface area contributed by atoms with Gasteiger partial charge >= 0.3 is 0 Å². The molecule has 2 aliphatic rings. The molecule has 9 heteroatoms. The van der Waals surface area contributed by atoms with Crippen molar-refractivity contribution < 1.29 is 19.4 Å². The Morgan fingerprint density at radius 2 is 1.97 bits per heavy atom. The number of amides is 1. The molecule has 2 heterocycles. The second kappa shape index (κ2) is 8.73. The molecule has 1 fully saturated rings. The number of nitriles is 1. The number of carbonyl (C=O) groups is 1. The molecule has 1 atom stereocenters. The van der Waals surface area contributed by atoms with Crippen LogP contribution >= 0.6 is 27.7 Å². The third-order valence-corrected chi connectivity index (χ3v) is 7.15. The number of allylic oxidation sites excluding steroid dienone is 1. The lowest BCUT2D eigenvalue weighted by atomic mass is 9.86. The molecular formula is C22H20BrN3O4S. The number of rotatable bonds is 4. The van der Waals surface area contributed by atoms with E-state index >= 15 is 0 Å². The zero-order valence-electron chi connectivity index (χ0n) is 17.0. The summed E-state index contributed by atoms with van der Waals surface area (Å²) in [4.78, 5) is 16.9. The Labute approximate surface area is 193 Å². The van der Waals surface area contributed by atoms with E-state index in [1.54, 1.807) is 24.1 Å². The highest BCUT2D eigenvalue weighted by Gasteiger charge is 2.39. The third-order valence-electron chi connectivity index (χ3n) is 5.39. The molecule has 2 aliphatic heterocycles. The molecule has 2 aromatic carbocycles. The number of anilines is 1. The lowest BCUT2D eigenvalue weighted by Gasteiger charge is -2.42. The minimum Gasteiger partial charge on any atom is -0.503 e. The molecule has 1 N–H and O–H groups in total. The van der Waals surface area contributed by atoms with Gasteiger partial charge in [0.25, 0.3) is 0 Å². The molecule has 0 unspecified atom stereocenters. The number of hydrogen-bond acceptors (Lipinski definition) is 7. The Morgan fingerprint density at radius 1 is 1.23 bits per heavy atom. The maximum absolute atomic E-state index is 13.1. The van der Waals surface area contributed by atoms with Crippen molar-refractivity contribution >= 4 is 39.3 Å². The van der Waals surface area contributed by atoms with E-state index in [1.165, 1.54) is 18.9 Å². The zero-order chi connectivity index (χ0) is 22.1. The average Bonchev–Trinajstić information content (AvgIpc) is 2.80. The van der Waals surface area contributed by atoms with Gasteiger partial charge in [-0.3, -0.25) is 9.69 Å². The Bertz CT molecular complexity index is 1110. The first kappa shape index (κ1) is 21.4. The quantitative estimate of drug-likeness (QED) is 0.664. The van der Waals surface area contributed by atoms with Crippen molar-refractivity contribution in [1.82, 2.24) is 4.90 Å². The highest BCUT2D eigenvalue weighted by molar-refractivity contribution is 9.10. The molecule has 0 aromatic heterocycles. The summed E-state index contributed by atoms with van der Waals surface area (Å²) in [5.74, 6) is 1.13. The van der Waals surface area contributed by atoms with Crippen LogP contribution < -0.4 is 14.4 Å². The molecular weight excluding hydrogens is 482 g/mol. The normalized spacial score (nSPS) is 18.5. The smallest absolute Gasteiger partial charge is 0.229 e. The second-order valence-corrected chi connectivity index (χ2v) is 8.88. The SMILES string of the molecule is COc1ccccc1N1CSC2=C(C#N)[C@@H](c3cc(Br)c(O)c(OC)c3)CC(=O)N2C1. The van der Waals surface area contributed by atoms with Crippen LogP contribution in [0.5, 0.6) is 17.2 Å². The highest BCUT2D eigenvalue weighted by Crippen LogP contribution is 2.46. The predicted octanol–water partition coefficient (Wildman–Crippen LogP) is 4.39. The van der Waals surface area contributed by atoms with E-state index in [9.17, 15) is 15.2 Å². The number of phenolic OH excluding ortho intramolecular Hbond substituents is 1. The summed E-state index contributed by atoms with van der Waals surface area (Å²) < 4.78 is 11.2. The molecule has 160 valence electrons. The van der Waals surface area contributed by atoms with E-state index in [1.807, 2.05) is 24.3 Å². The molecule has 1 amide bonds. The van der Waals surface area contributed by atoms with Crippen LogP contribution in [0, 0.1) is 11.3 Å². The Balaban J connectivity index is 1.70. The van der Waals surface area contributed by atoms with Gasteiger partial charge in [-0.05, 0) is 45.8 Å². The van der Waals surface area contributed by atoms with E-state index in [0.717, 1.165) is 17.0 Å². The van der Waals surface area contributed by atoms with Crippen molar-refractivity contribution in [2.24, 2.45) is 0 Å². The summed E-state index contributed by atoms with van der Waals surface area (Å²) in [6, 6.07) is 13.4. The van der Waals surface area contributed by atoms with Gasteiger partial charge in [-0.2, -0.15) is 5.26 Å². The number of fused-ring (bicyclic) bond motifs is 1. The van der Waals surface area contributed by atoms with Crippen molar-refractivity contribution in [2.75, 3.05) is 31.7 Å². The van der Waals surface area contributed by atoms with Crippen molar-refractivity contribution in [1.29, 1.82) is 5.26 Å². The summed E-state index contributed by atoms with van der Waals surface area (Å²) in [7, 11) is 3.09. The summed E-state index contributed by atoms with van der Waals surface area (Å²) in [6.45, 7) is 0.349. The first-order valence-corrected chi connectivity index (χ1v) is 11.3. The number of phenols is 1. The highest BCUT2D eigenvalue weighted by atomic mass is 79.9. The number of aromatic hydroxyl groups is 1. The van der Waals surface area contributed by atoms with Crippen LogP contribution in [0.4, 0.5) is 5.69 Å². The number of ether oxygens (including phenoxy) is 2. The molecule has 0 aliphatic carbocycles. The number of carbonyl (C=O) groups excluding carboxylic acids is 1. The monoisotopic (exact) mass is 501 g/mol. The van der Waals surface area contributed by atoms with Crippen molar-refractivity contribution in [3.63, 3.8) is 0 Å². The van der Waals surface area contributed by atoms with Crippen molar-refractivity contribution in [3.05, 3.63) is 57.0 Å². The lowest BCUT2D eigenvalue weighted by Crippen LogP contribution is -2.47. The summed E-state index contributed by atoms with van der Waals surface area (Å²) in [5, 5.41) is 20.8. The molecule has 31 heavy (non-hydrogen) atoms. The number of methoxy groups -OCH3 is 2. The largest absolute Gasteiger partial charge is 0.503 e. The van der Waals surface area contributed by atoms with Gasteiger partial charge in [0.05, 0.1) is 53.6 Å². The minimum absolute atomic E-state index is 0.0133. The van der Waals surface area contributed by atoms with Crippen molar-refractivity contribution in [2.45, 2.75) is 12.3 Å². The third kappa shape index (κ3) is 3.82. The van der Waals surface area contributed by atoms with Crippen LogP contribution in [0.1, 0.15) is 17.9 Å². The summed E-state index contributed by atoms with van der Waals surface area (Å²) in [6.07, 6.45) is 0.160. The van der Waals surface area contributed by atoms with Gasteiger partial charge in [0.1, 0.15) is 5.75 Å². The first-order valence-electron chi connectivity index (χ1n) is 9.50. The summed E-state index contributed by atoms with van der Waals surface area (Å²) in [5.41, 5.74) is 2.19. The maximum Gasteiger partial charge on any atom is 0.229 e. The number of nitrogens with zero attached hydrogens (tertiary/aromatic N) is 3. The number of benzene rings is 2. The van der Waals surface area contributed by atoms with Crippen LogP contribution in [0.25, 0.3) is 0 Å². The fraction of sp³-hybridized carbons (Fsp3) is 0.273. The van der Waals surface area contributed by atoms with Gasteiger partial charge in [-0.15, -0.1) is 0 Å². The van der Waals surface area contributed by atoms with E-state index in [0.29, 0.717) is 33.4 Å². The van der Waals surface area contributed by atoms with Crippen molar-refractivity contribution in [3.8, 4) is 23.3 Å². The maximum atomic E-state index is 13.1. The molecule has 0 radical (unpaired) electrons. The Morgan fingerprint density at radius 3 is 2.68 bits per heavy atom. The standard InChI is InChI=1S/C22H20BrN3O4S/c1-29-18-6-4-3-5-17(18)25-11-26-20(27)9-14(15(10-24)22(26)31-12-25)13-7-16(23)21(28)19(8-13)30-2/h3-8,14,28H,9,11-12H2,1-2H3/t14-/m1/s1. The van der Waals surface area contributed by atoms with Crippen LogP contribution in [-0.4, -0.2) is 42.7 Å². The number of hydrogen-bond donors (Lipinski definition) is 1. The van der Waals surface area contributed by atoms with Gasteiger partial charge in [0.2, 0.25) is 5.91 Å². The molecule has 2 aromatic rings. The van der Waals surface area contributed by atoms with Crippen LogP contribution in [0.15, 0.2) is 51.5 Å². The minimum atomic E-state index is -0.403. The molecule has 0 saturated carbocycles. The van der Waals surface area contributed by atoms with E-state index in [4.69, 9.17) is 9.47 Å². The average molecular weight is 502 g/mol. The van der Waals surface area contributed by atoms with Crippen LogP contribution in [-0.2, 0) is 4.79 Å². The van der Waals surface area contributed by atoms with Crippen LogP contribution in [0.3, 0.4) is 0 Å². The topological polar surface area (TPSA) is 86.0 Å². The molecule has 7 nitrogen and oxygen atoms in total. The number of para-hydroxylation sites is 2.